The van der Waals surface area contributed by atoms with E-state index in [0.29, 0.717) is 44.4 Å². The highest BCUT2D eigenvalue weighted by Crippen LogP contribution is 2.37. The highest BCUT2D eigenvalue weighted by Gasteiger charge is 2.28. The predicted molar refractivity (Wildman–Crippen MR) is 144 cm³/mol. The zero-order valence-electron chi connectivity index (χ0n) is 22.0. The van der Waals surface area contributed by atoms with Crippen molar-refractivity contribution in [3.05, 3.63) is 76.4 Å². The van der Waals surface area contributed by atoms with Crippen molar-refractivity contribution in [2.45, 2.75) is 12.9 Å². The van der Waals surface area contributed by atoms with E-state index in [1.54, 1.807) is 49.7 Å². The number of aromatic nitrogens is 1. The Bertz CT molecular complexity index is 1470. The molecule has 0 aliphatic heterocycles. The van der Waals surface area contributed by atoms with Crippen LogP contribution in [0.4, 0.5) is 5.69 Å². The highest BCUT2D eigenvalue weighted by molar-refractivity contribution is 6.30. The lowest BCUT2D eigenvalue weighted by molar-refractivity contribution is 0.0970. The van der Waals surface area contributed by atoms with Gasteiger partial charge in [0.1, 0.15) is 35.6 Å². The minimum atomic E-state index is -2.06. The number of halogens is 1. The topological polar surface area (TPSA) is 102 Å². The fourth-order valence-electron chi connectivity index (χ4n) is 4.07. The molecule has 8 nitrogen and oxygen atoms in total. The molecule has 0 unspecified atom stereocenters. The summed E-state index contributed by atoms with van der Waals surface area (Å²) < 4.78 is 31.5. The van der Waals surface area contributed by atoms with Crippen LogP contribution in [-0.2, 0) is 0 Å². The number of ether oxygens (including phenoxy) is 4. The number of ketones is 1. The van der Waals surface area contributed by atoms with Gasteiger partial charge in [-0.25, -0.2) is 0 Å². The number of rotatable bonds is 11. The maximum absolute atomic E-state index is 14.3. The number of methoxy groups -OCH3 is 3. The van der Waals surface area contributed by atoms with Crippen molar-refractivity contribution < 1.29 is 30.2 Å². The Balaban J connectivity index is 1.89. The van der Waals surface area contributed by atoms with Gasteiger partial charge in [-0.1, -0.05) is 17.7 Å². The summed E-state index contributed by atoms with van der Waals surface area (Å²) in [6, 6.07) is 11.3. The molecule has 0 amide bonds. The number of hydrogen-bond donors (Lipinski definition) is 3. The number of aliphatic hydroxyl groups excluding tert-OH is 1. The van der Waals surface area contributed by atoms with E-state index in [4.69, 9.17) is 30.5 Å². The molecule has 0 spiro atoms. The van der Waals surface area contributed by atoms with E-state index >= 15 is 0 Å². The largest absolute Gasteiger partial charge is 0.497 e. The number of carbonyl (C=O) groups is 1. The molecular formula is C28H29ClN2O6. The molecule has 0 saturated carbocycles. The third kappa shape index (κ3) is 5.60. The lowest BCUT2D eigenvalue weighted by Gasteiger charge is -2.22. The third-order valence-electron chi connectivity index (χ3n) is 5.85. The molecule has 0 saturated heterocycles. The average molecular weight is 526 g/mol. The van der Waals surface area contributed by atoms with Gasteiger partial charge in [0.2, 0.25) is 0 Å². The van der Waals surface area contributed by atoms with E-state index in [1.165, 1.54) is 14.2 Å². The molecule has 37 heavy (non-hydrogen) atoms. The molecule has 194 valence electrons. The van der Waals surface area contributed by atoms with Crippen LogP contribution < -0.4 is 24.3 Å². The number of carbonyl (C=O) groups excluding carboxylic acids is 1. The van der Waals surface area contributed by atoms with Gasteiger partial charge in [0.05, 0.1) is 29.3 Å². The monoisotopic (exact) mass is 525 g/mol. The number of nitrogens with one attached hydrogen (secondary N) is 2. The molecule has 0 radical (unpaired) electrons. The first-order valence-corrected chi connectivity index (χ1v) is 11.9. The van der Waals surface area contributed by atoms with Gasteiger partial charge >= 0.3 is 0 Å². The third-order valence-corrected chi connectivity index (χ3v) is 6.08. The number of aliphatic hydroxyl groups is 1. The molecule has 4 rings (SSSR count). The summed E-state index contributed by atoms with van der Waals surface area (Å²) in [6.07, 6.45) is 1.58. The summed E-state index contributed by atoms with van der Waals surface area (Å²) in [5.74, 6) is 1.25. The molecule has 9 heteroatoms. The van der Waals surface area contributed by atoms with Crippen LogP contribution in [0.5, 0.6) is 23.0 Å². The first-order chi connectivity index (χ1) is 18.2. The fraction of sp³-hybridized carbons (Fsp3) is 0.250. The summed E-state index contributed by atoms with van der Waals surface area (Å²) in [5.41, 5.74) is 2.50. The minimum Gasteiger partial charge on any atom is -0.497 e. The number of benzene rings is 3. The minimum absolute atomic E-state index is 0.0702. The first-order valence-electron chi connectivity index (χ1n) is 12.0. The SMILES string of the molecule is [2H][C@](Nc1cc(OC)cc(OCCO)c1)(C(=O)c1c[nH]c2cc(OC)c(C)cc12)c1ccc(Cl)cc1OC. The van der Waals surface area contributed by atoms with Gasteiger partial charge in [0.25, 0.3) is 0 Å². The molecule has 1 atom stereocenters. The Morgan fingerprint density at radius 1 is 1.05 bits per heavy atom. The zero-order valence-corrected chi connectivity index (χ0v) is 21.7. The molecular weight excluding hydrogens is 496 g/mol. The zero-order chi connectivity index (χ0) is 27.4. The number of hydrogen-bond acceptors (Lipinski definition) is 7. The summed E-state index contributed by atoms with van der Waals surface area (Å²) in [4.78, 5) is 17.4. The van der Waals surface area contributed by atoms with E-state index in [-0.39, 0.29) is 24.5 Å². The van der Waals surface area contributed by atoms with Gasteiger partial charge in [-0.15, -0.1) is 0 Å². The van der Waals surface area contributed by atoms with Crippen molar-refractivity contribution in [3.63, 3.8) is 0 Å². The van der Waals surface area contributed by atoms with Crippen molar-refractivity contribution in [2.24, 2.45) is 0 Å². The molecule has 0 fully saturated rings. The van der Waals surface area contributed by atoms with Crippen LogP contribution in [0, 0.1) is 6.92 Å². The van der Waals surface area contributed by atoms with E-state index in [1.807, 2.05) is 19.1 Å². The Hall–Kier alpha value is -3.88. The number of anilines is 1. The number of aromatic amines is 1. The summed E-state index contributed by atoms with van der Waals surface area (Å²) in [5, 5.41) is 13.3. The van der Waals surface area contributed by atoms with Gasteiger partial charge in [-0.2, -0.15) is 0 Å². The van der Waals surface area contributed by atoms with Crippen molar-refractivity contribution >= 4 is 34.0 Å². The summed E-state index contributed by atoms with van der Waals surface area (Å²) in [6.45, 7) is 1.78. The maximum atomic E-state index is 14.3. The van der Waals surface area contributed by atoms with Gasteiger partial charge in [-0.3, -0.25) is 4.79 Å². The number of H-pyrrole nitrogens is 1. The molecule has 0 aliphatic carbocycles. The molecule has 1 aromatic heterocycles. The molecule has 4 aromatic rings. The highest BCUT2D eigenvalue weighted by atomic mass is 35.5. The Labute approximate surface area is 221 Å². The van der Waals surface area contributed by atoms with Gasteiger partial charge in [-0.05, 0) is 30.7 Å². The first kappa shape index (κ1) is 24.8. The smallest absolute Gasteiger partial charge is 0.191 e. The second kappa shape index (κ2) is 11.5. The molecule has 0 bridgehead atoms. The molecule has 1 heterocycles. The Morgan fingerprint density at radius 3 is 2.51 bits per heavy atom. The van der Waals surface area contributed by atoms with Gasteiger partial charge in [0.15, 0.2) is 5.78 Å². The lowest BCUT2D eigenvalue weighted by Crippen LogP contribution is -2.22. The van der Waals surface area contributed by atoms with Gasteiger partial charge < -0.3 is 34.4 Å². The van der Waals surface area contributed by atoms with Crippen LogP contribution in [0.2, 0.25) is 5.02 Å². The number of aryl methyl sites for hydroxylation is 1. The van der Waals surface area contributed by atoms with Crippen LogP contribution in [0.25, 0.3) is 10.9 Å². The van der Waals surface area contributed by atoms with Crippen LogP contribution >= 0.6 is 11.6 Å². The van der Waals surface area contributed by atoms with Crippen molar-refractivity contribution in [1.82, 2.24) is 4.98 Å². The van der Waals surface area contributed by atoms with Crippen LogP contribution in [0.3, 0.4) is 0 Å². The Kier molecular flexibility index (Phi) is 7.67. The molecule has 0 aliphatic rings. The average Bonchev–Trinajstić information content (AvgIpc) is 3.32. The van der Waals surface area contributed by atoms with Crippen LogP contribution in [-0.4, -0.2) is 50.4 Å². The summed E-state index contributed by atoms with van der Waals surface area (Å²) in [7, 11) is 4.54. The van der Waals surface area contributed by atoms with E-state index in [2.05, 4.69) is 10.3 Å². The summed E-state index contributed by atoms with van der Waals surface area (Å²) >= 11 is 6.20. The van der Waals surface area contributed by atoms with Crippen LogP contribution in [0.15, 0.2) is 54.7 Å². The van der Waals surface area contributed by atoms with Gasteiger partial charge in [0, 0.05) is 63.2 Å². The predicted octanol–water partition coefficient (Wildman–Crippen LogP) is 5.56. The normalized spacial score (nSPS) is 13.0. The van der Waals surface area contributed by atoms with Crippen molar-refractivity contribution in [3.8, 4) is 23.0 Å². The molecule has 3 N–H and O–H groups in total. The number of fused-ring (bicyclic) bond motifs is 1. The molecule has 3 aromatic carbocycles. The quantitative estimate of drug-likeness (QED) is 0.220. The van der Waals surface area contributed by atoms with E-state index < -0.39 is 11.8 Å². The van der Waals surface area contributed by atoms with Crippen LogP contribution in [0.1, 0.15) is 28.9 Å². The second-order valence-corrected chi connectivity index (χ2v) is 8.65. The van der Waals surface area contributed by atoms with Crippen molar-refractivity contribution in [2.75, 3.05) is 39.9 Å². The Morgan fingerprint density at radius 2 is 1.81 bits per heavy atom. The number of Topliss-reactive ketones (excluding diaryl/α,β-unsaturated/α-hetero) is 1. The van der Waals surface area contributed by atoms with Crippen molar-refractivity contribution in [1.29, 1.82) is 0 Å². The second-order valence-electron chi connectivity index (χ2n) is 8.21. The standard InChI is InChI=1S/C28H29ClN2O6/c1-16-9-22-23(15-30-24(22)14-25(16)35-3)28(33)27(21-6-5-17(29)10-26(21)36-4)31-18-11-19(34-2)13-20(12-18)37-8-7-32/h5-6,9-15,27,30-32H,7-8H2,1-4H3/t27-/m1/s1/i27D. The maximum Gasteiger partial charge on any atom is 0.191 e. The van der Waals surface area contributed by atoms with E-state index in [9.17, 15) is 11.3 Å². The lowest BCUT2D eigenvalue weighted by atomic mass is 9.95. The van der Waals surface area contributed by atoms with E-state index in [0.717, 1.165) is 5.56 Å². The fourth-order valence-corrected chi connectivity index (χ4v) is 4.23.